The first-order chi connectivity index (χ1) is 5.93. The highest BCUT2D eigenvalue weighted by molar-refractivity contribution is 5.75. The van der Waals surface area contributed by atoms with Gasteiger partial charge >= 0.3 is 5.97 Å². The van der Waals surface area contributed by atoms with Crippen molar-refractivity contribution in [2.75, 3.05) is 0 Å². The lowest BCUT2D eigenvalue weighted by atomic mass is 9.92. The Kier molecular flexibility index (Phi) is 5.04. The van der Waals surface area contributed by atoms with Crippen molar-refractivity contribution >= 4 is 11.8 Å². The van der Waals surface area contributed by atoms with Crippen LogP contribution in [-0.2, 0) is 9.59 Å². The summed E-state index contributed by atoms with van der Waals surface area (Å²) in [5.74, 6) is -0.811. The van der Waals surface area contributed by atoms with E-state index in [-0.39, 0.29) is 18.1 Å². The number of ketones is 1. The SMILES string of the molecule is C=C(C)[C@H](CCC(C)=O)CC(=O)O. The van der Waals surface area contributed by atoms with Crippen LogP contribution >= 0.6 is 0 Å². The van der Waals surface area contributed by atoms with Gasteiger partial charge in [-0.15, -0.1) is 0 Å². The number of hydrogen-bond donors (Lipinski definition) is 1. The van der Waals surface area contributed by atoms with Crippen molar-refractivity contribution in [3.63, 3.8) is 0 Å². The van der Waals surface area contributed by atoms with E-state index in [0.29, 0.717) is 12.8 Å². The van der Waals surface area contributed by atoms with E-state index in [1.807, 2.05) is 0 Å². The van der Waals surface area contributed by atoms with E-state index in [0.717, 1.165) is 5.57 Å². The maximum absolute atomic E-state index is 10.7. The van der Waals surface area contributed by atoms with E-state index >= 15 is 0 Å². The molecule has 3 nitrogen and oxygen atoms in total. The lowest BCUT2D eigenvalue weighted by Gasteiger charge is -2.13. The highest BCUT2D eigenvalue weighted by atomic mass is 16.4. The van der Waals surface area contributed by atoms with Gasteiger partial charge in [0, 0.05) is 6.42 Å². The molecule has 0 saturated heterocycles. The minimum atomic E-state index is -0.837. The van der Waals surface area contributed by atoms with Crippen molar-refractivity contribution in [2.24, 2.45) is 5.92 Å². The van der Waals surface area contributed by atoms with Crippen molar-refractivity contribution in [2.45, 2.75) is 33.1 Å². The summed E-state index contributed by atoms with van der Waals surface area (Å²) in [6.45, 7) is 7.02. The first-order valence-corrected chi connectivity index (χ1v) is 4.30. The number of Topliss-reactive ketones (excluding diaryl/α,β-unsaturated/α-hetero) is 1. The lowest BCUT2D eigenvalue weighted by Crippen LogP contribution is -2.10. The van der Waals surface area contributed by atoms with E-state index in [1.54, 1.807) is 6.92 Å². The normalized spacial score (nSPS) is 12.2. The van der Waals surface area contributed by atoms with Crippen LogP contribution in [0.25, 0.3) is 0 Å². The first kappa shape index (κ1) is 11.9. The maximum Gasteiger partial charge on any atom is 0.303 e. The van der Waals surface area contributed by atoms with E-state index in [9.17, 15) is 9.59 Å². The number of rotatable bonds is 6. The Balaban J connectivity index is 4.02. The fraction of sp³-hybridized carbons (Fsp3) is 0.600. The Morgan fingerprint density at radius 2 is 1.92 bits per heavy atom. The average Bonchev–Trinajstić information content (AvgIpc) is 1.96. The molecule has 0 heterocycles. The van der Waals surface area contributed by atoms with E-state index in [4.69, 9.17) is 5.11 Å². The van der Waals surface area contributed by atoms with Crippen LogP contribution in [0.1, 0.15) is 33.1 Å². The Bertz CT molecular complexity index is 218. The molecule has 0 fully saturated rings. The zero-order chi connectivity index (χ0) is 10.4. The van der Waals surface area contributed by atoms with Crippen molar-refractivity contribution in [1.29, 1.82) is 0 Å². The summed E-state index contributed by atoms with van der Waals surface area (Å²) in [6, 6.07) is 0. The molecule has 0 spiro atoms. The summed E-state index contributed by atoms with van der Waals surface area (Å²) in [6.07, 6.45) is 1.10. The van der Waals surface area contributed by atoms with Crippen LogP contribution in [0, 0.1) is 5.92 Å². The second kappa shape index (κ2) is 5.51. The lowest BCUT2D eigenvalue weighted by molar-refractivity contribution is -0.138. The molecular formula is C10H16O3. The van der Waals surface area contributed by atoms with Crippen LogP contribution in [0.4, 0.5) is 0 Å². The molecule has 0 radical (unpaired) electrons. The number of hydrogen-bond acceptors (Lipinski definition) is 2. The van der Waals surface area contributed by atoms with Crippen LogP contribution in [-0.4, -0.2) is 16.9 Å². The average molecular weight is 184 g/mol. The predicted octanol–water partition coefficient (Wildman–Crippen LogP) is 2.02. The van der Waals surface area contributed by atoms with Crippen LogP contribution < -0.4 is 0 Å². The van der Waals surface area contributed by atoms with Gasteiger partial charge in [-0.1, -0.05) is 12.2 Å². The molecule has 0 rings (SSSR count). The van der Waals surface area contributed by atoms with E-state index < -0.39 is 5.97 Å². The summed E-state index contributed by atoms with van der Waals surface area (Å²) in [5.41, 5.74) is 0.837. The smallest absolute Gasteiger partial charge is 0.303 e. The summed E-state index contributed by atoms with van der Waals surface area (Å²) in [5, 5.41) is 8.57. The van der Waals surface area contributed by atoms with E-state index in [1.165, 1.54) is 6.92 Å². The molecule has 0 aromatic rings. The minimum absolute atomic E-state index is 0.0681. The molecule has 0 aromatic carbocycles. The molecule has 74 valence electrons. The quantitative estimate of drug-likeness (QED) is 0.642. The number of aliphatic carboxylic acids is 1. The van der Waals surface area contributed by atoms with Crippen molar-refractivity contribution in [3.05, 3.63) is 12.2 Å². The molecule has 0 aliphatic heterocycles. The third-order valence-corrected chi connectivity index (χ3v) is 1.96. The number of carbonyl (C=O) groups is 2. The van der Waals surface area contributed by atoms with Crippen molar-refractivity contribution in [1.82, 2.24) is 0 Å². The van der Waals surface area contributed by atoms with Gasteiger partial charge in [0.15, 0.2) is 0 Å². The van der Waals surface area contributed by atoms with Crippen LogP contribution in [0.2, 0.25) is 0 Å². The molecular weight excluding hydrogens is 168 g/mol. The third-order valence-electron chi connectivity index (χ3n) is 1.96. The van der Waals surface area contributed by atoms with Gasteiger partial charge in [0.25, 0.3) is 0 Å². The number of carboxylic acid groups (broad SMARTS) is 1. The summed E-state index contributed by atoms with van der Waals surface area (Å²) >= 11 is 0. The molecule has 13 heavy (non-hydrogen) atoms. The van der Waals surface area contributed by atoms with Gasteiger partial charge in [0.2, 0.25) is 0 Å². The van der Waals surface area contributed by atoms with Crippen LogP contribution in [0.5, 0.6) is 0 Å². The minimum Gasteiger partial charge on any atom is -0.481 e. The predicted molar refractivity (Wildman–Crippen MR) is 50.5 cm³/mol. The Morgan fingerprint density at radius 3 is 2.23 bits per heavy atom. The molecule has 0 saturated carbocycles. The molecule has 0 unspecified atom stereocenters. The molecule has 1 N–H and O–H groups in total. The van der Waals surface area contributed by atoms with Gasteiger partial charge in [-0.25, -0.2) is 0 Å². The summed E-state index contributed by atoms with van der Waals surface area (Å²) < 4.78 is 0. The third kappa shape index (κ3) is 6.08. The van der Waals surface area contributed by atoms with Crippen molar-refractivity contribution < 1.29 is 14.7 Å². The summed E-state index contributed by atoms with van der Waals surface area (Å²) in [7, 11) is 0. The molecule has 1 atom stereocenters. The van der Waals surface area contributed by atoms with Gasteiger partial charge in [-0.3, -0.25) is 4.79 Å². The molecule has 0 aromatic heterocycles. The number of allylic oxidation sites excluding steroid dienone is 1. The van der Waals surface area contributed by atoms with E-state index in [2.05, 4.69) is 6.58 Å². The van der Waals surface area contributed by atoms with Crippen molar-refractivity contribution in [3.8, 4) is 0 Å². The van der Waals surface area contributed by atoms with Gasteiger partial charge in [-0.2, -0.15) is 0 Å². The first-order valence-electron chi connectivity index (χ1n) is 4.30. The second-order valence-electron chi connectivity index (χ2n) is 3.38. The Labute approximate surface area is 78.5 Å². The highest BCUT2D eigenvalue weighted by Crippen LogP contribution is 2.19. The van der Waals surface area contributed by atoms with Gasteiger partial charge in [0.05, 0.1) is 6.42 Å². The number of carbonyl (C=O) groups excluding carboxylic acids is 1. The zero-order valence-corrected chi connectivity index (χ0v) is 8.17. The molecule has 0 aliphatic carbocycles. The van der Waals surface area contributed by atoms with Gasteiger partial charge in [0.1, 0.15) is 5.78 Å². The standard InChI is InChI=1S/C10H16O3/c1-7(2)9(6-10(12)13)5-4-8(3)11/h9H,1,4-6H2,2-3H3,(H,12,13)/t9-/m1/s1. The summed E-state index contributed by atoms with van der Waals surface area (Å²) in [4.78, 5) is 21.1. The molecule has 0 aliphatic rings. The topological polar surface area (TPSA) is 54.4 Å². The van der Waals surface area contributed by atoms with Gasteiger partial charge in [-0.05, 0) is 26.2 Å². The Morgan fingerprint density at radius 1 is 1.38 bits per heavy atom. The van der Waals surface area contributed by atoms with Crippen LogP contribution in [0.15, 0.2) is 12.2 Å². The molecule has 0 amide bonds. The Hall–Kier alpha value is -1.12. The molecule has 3 heteroatoms. The molecule has 0 bridgehead atoms. The van der Waals surface area contributed by atoms with Crippen LogP contribution in [0.3, 0.4) is 0 Å². The monoisotopic (exact) mass is 184 g/mol. The fourth-order valence-electron chi connectivity index (χ4n) is 1.11. The fourth-order valence-corrected chi connectivity index (χ4v) is 1.11. The number of carboxylic acids is 1. The largest absolute Gasteiger partial charge is 0.481 e. The highest BCUT2D eigenvalue weighted by Gasteiger charge is 2.14. The zero-order valence-electron chi connectivity index (χ0n) is 8.17. The second-order valence-corrected chi connectivity index (χ2v) is 3.38. The van der Waals surface area contributed by atoms with Gasteiger partial charge < -0.3 is 9.90 Å². The maximum atomic E-state index is 10.7.